The SMILES string of the molecule is CN1CCN(C(=O)c2nc3c(-c4cccc(CCCO)c4)ccnc3n2C(OCC[Si](C)(C)C)c2ccccc2)CC1. The molecule has 5 rings (SSSR count). The van der Waals surface area contributed by atoms with Crippen LogP contribution in [0, 0.1) is 0 Å². The second-order valence-electron chi connectivity index (χ2n) is 12.4. The summed E-state index contributed by atoms with van der Waals surface area (Å²) in [7, 11) is 0.722. The third-order valence-electron chi connectivity index (χ3n) is 7.87. The van der Waals surface area contributed by atoms with Gasteiger partial charge in [-0.3, -0.25) is 9.36 Å². The average molecular weight is 586 g/mol. The number of imidazole rings is 1. The van der Waals surface area contributed by atoms with Crippen molar-refractivity contribution in [3.8, 4) is 11.1 Å². The van der Waals surface area contributed by atoms with E-state index in [1.807, 2.05) is 51.9 Å². The summed E-state index contributed by atoms with van der Waals surface area (Å²) in [5.41, 5.74) is 5.36. The van der Waals surface area contributed by atoms with Crippen LogP contribution in [0.2, 0.25) is 25.7 Å². The van der Waals surface area contributed by atoms with Crippen LogP contribution in [0.15, 0.2) is 66.9 Å². The van der Waals surface area contributed by atoms with E-state index in [9.17, 15) is 9.90 Å². The number of hydrogen-bond donors (Lipinski definition) is 1. The van der Waals surface area contributed by atoms with Gasteiger partial charge < -0.3 is 19.6 Å². The van der Waals surface area contributed by atoms with Gasteiger partial charge in [-0.2, -0.15) is 0 Å². The lowest BCUT2D eigenvalue weighted by Gasteiger charge is -2.32. The molecular formula is C33H43N5O3Si. The summed E-state index contributed by atoms with van der Waals surface area (Å²) in [4.78, 5) is 28.2. The first-order chi connectivity index (χ1) is 20.2. The fraction of sp³-hybridized carbons (Fsp3) is 0.424. The van der Waals surface area contributed by atoms with Crippen molar-refractivity contribution in [1.82, 2.24) is 24.3 Å². The fourth-order valence-electron chi connectivity index (χ4n) is 5.34. The van der Waals surface area contributed by atoms with E-state index in [0.29, 0.717) is 43.1 Å². The number of benzene rings is 2. The van der Waals surface area contributed by atoms with Crippen molar-refractivity contribution >= 4 is 25.1 Å². The van der Waals surface area contributed by atoms with Crippen LogP contribution < -0.4 is 0 Å². The van der Waals surface area contributed by atoms with E-state index >= 15 is 0 Å². The monoisotopic (exact) mass is 585 g/mol. The van der Waals surface area contributed by atoms with Crippen molar-refractivity contribution < 1.29 is 14.6 Å². The minimum atomic E-state index is -1.36. The highest BCUT2D eigenvalue weighted by atomic mass is 28.3. The summed E-state index contributed by atoms with van der Waals surface area (Å²) in [6.45, 7) is 10.7. The molecule has 0 radical (unpaired) electrons. The highest BCUT2D eigenvalue weighted by molar-refractivity contribution is 6.76. The molecule has 42 heavy (non-hydrogen) atoms. The number of carbonyl (C=O) groups excluding carboxylic acids is 1. The topological polar surface area (TPSA) is 83.7 Å². The van der Waals surface area contributed by atoms with Crippen LogP contribution >= 0.6 is 0 Å². The van der Waals surface area contributed by atoms with Crippen LogP contribution in [0.5, 0.6) is 0 Å². The molecule has 0 aliphatic carbocycles. The minimum absolute atomic E-state index is 0.0986. The van der Waals surface area contributed by atoms with Crippen molar-refractivity contribution in [3.63, 3.8) is 0 Å². The van der Waals surface area contributed by atoms with E-state index in [-0.39, 0.29) is 12.5 Å². The number of pyridine rings is 1. The molecule has 222 valence electrons. The highest BCUT2D eigenvalue weighted by Crippen LogP contribution is 2.33. The quantitative estimate of drug-likeness (QED) is 0.240. The van der Waals surface area contributed by atoms with E-state index in [0.717, 1.165) is 47.8 Å². The maximum Gasteiger partial charge on any atom is 0.290 e. The predicted molar refractivity (Wildman–Crippen MR) is 170 cm³/mol. The van der Waals surface area contributed by atoms with Gasteiger partial charge in [0.05, 0.1) is 0 Å². The van der Waals surface area contributed by atoms with E-state index in [1.165, 1.54) is 0 Å². The number of carbonyl (C=O) groups is 1. The molecule has 1 aliphatic heterocycles. The first-order valence-corrected chi connectivity index (χ1v) is 18.7. The number of rotatable bonds is 11. The van der Waals surface area contributed by atoms with Crippen LogP contribution in [-0.4, -0.2) is 89.9 Å². The number of aliphatic hydroxyl groups excluding tert-OH is 1. The Kier molecular flexibility index (Phi) is 9.52. The number of ether oxygens (including phenoxy) is 1. The van der Waals surface area contributed by atoms with Crippen LogP contribution in [0.3, 0.4) is 0 Å². The second-order valence-corrected chi connectivity index (χ2v) is 18.0. The van der Waals surface area contributed by atoms with Gasteiger partial charge in [0.25, 0.3) is 5.91 Å². The summed E-state index contributed by atoms with van der Waals surface area (Å²) in [5.74, 6) is 0.256. The Hall–Kier alpha value is -3.37. The van der Waals surface area contributed by atoms with Gasteiger partial charge in [0.15, 0.2) is 11.9 Å². The van der Waals surface area contributed by atoms with Crippen LogP contribution in [0.4, 0.5) is 0 Å². The molecule has 1 saturated heterocycles. The second kappa shape index (κ2) is 13.3. The zero-order valence-electron chi connectivity index (χ0n) is 25.3. The molecule has 1 atom stereocenters. The molecule has 0 saturated carbocycles. The van der Waals surface area contributed by atoms with E-state index in [2.05, 4.69) is 49.8 Å². The number of likely N-dealkylation sites (N-methyl/N-ethyl adjacent to an activating group) is 1. The third kappa shape index (κ3) is 6.98. The van der Waals surface area contributed by atoms with Crippen LogP contribution in [-0.2, 0) is 11.2 Å². The number of hydrogen-bond acceptors (Lipinski definition) is 6. The van der Waals surface area contributed by atoms with Crippen molar-refractivity contribution in [2.75, 3.05) is 46.4 Å². The zero-order valence-corrected chi connectivity index (χ0v) is 26.3. The Bertz CT molecular complexity index is 1490. The van der Waals surface area contributed by atoms with Gasteiger partial charge in [-0.15, -0.1) is 0 Å². The van der Waals surface area contributed by atoms with Crippen LogP contribution in [0.25, 0.3) is 22.3 Å². The summed E-state index contributed by atoms with van der Waals surface area (Å²) in [6.07, 6.45) is 2.75. The lowest BCUT2D eigenvalue weighted by atomic mass is 10.0. The number of nitrogens with zero attached hydrogens (tertiary/aromatic N) is 5. The number of aromatic nitrogens is 3. The lowest BCUT2D eigenvalue weighted by molar-refractivity contribution is 0.0367. The number of aryl methyl sites for hydroxylation is 1. The van der Waals surface area contributed by atoms with E-state index < -0.39 is 14.3 Å². The molecule has 1 amide bonds. The van der Waals surface area contributed by atoms with Crippen molar-refractivity contribution in [2.45, 2.75) is 44.8 Å². The summed E-state index contributed by atoms with van der Waals surface area (Å²) in [5, 5.41) is 9.35. The largest absolute Gasteiger partial charge is 0.396 e. The highest BCUT2D eigenvalue weighted by Gasteiger charge is 2.31. The molecule has 1 aliphatic rings. The van der Waals surface area contributed by atoms with Gasteiger partial charge in [0.2, 0.25) is 5.82 Å². The number of fused-ring (bicyclic) bond motifs is 1. The van der Waals surface area contributed by atoms with E-state index in [4.69, 9.17) is 14.7 Å². The third-order valence-corrected chi connectivity index (χ3v) is 9.57. The first-order valence-electron chi connectivity index (χ1n) is 15.0. The zero-order chi connectivity index (χ0) is 29.7. The molecule has 0 bridgehead atoms. The minimum Gasteiger partial charge on any atom is -0.396 e. The van der Waals surface area contributed by atoms with Gasteiger partial charge in [-0.05, 0) is 43.1 Å². The fourth-order valence-corrected chi connectivity index (χ4v) is 6.07. The van der Waals surface area contributed by atoms with Gasteiger partial charge in [0, 0.05) is 64.8 Å². The molecule has 4 aromatic rings. The van der Waals surface area contributed by atoms with Gasteiger partial charge in [-0.1, -0.05) is 74.2 Å². The maximum atomic E-state index is 14.2. The first kappa shape index (κ1) is 30.1. The normalized spacial score (nSPS) is 15.3. The summed E-state index contributed by atoms with van der Waals surface area (Å²) >= 11 is 0. The summed E-state index contributed by atoms with van der Waals surface area (Å²) in [6, 6.07) is 21.4. The molecule has 9 heteroatoms. The molecule has 0 spiro atoms. The average Bonchev–Trinajstić information content (AvgIpc) is 3.38. The molecule has 8 nitrogen and oxygen atoms in total. The maximum absolute atomic E-state index is 14.2. The van der Waals surface area contributed by atoms with Crippen molar-refractivity contribution in [2.24, 2.45) is 0 Å². The number of piperazine rings is 1. The van der Waals surface area contributed by atoms with Gasteiger partial charge in [-0.25, -0.2) is 9.97 Å². The molecule has 1 N–H and O–H groups in total. The van der Waals surface area contributed by atoms with Crippen molar-refractivity contribution in [3.05, 3.63) is 83.8 Å². The van der Waals surface area contributed by atoms with Crippen molar-refractivity contribution in [1.29, 1.82) is 0 Å². The number of amides is 1. The smallest absolute Gasteiger partial charge is 0.290 e. The predicted octanol–water partition coefficient (Wildman–Crippen LogP) is 5.31. The Morgan fingerprint density at radius 3 is 2.50 bits per heavy atom. The van der Waals surface area contributed by atoms with E-state index in [1.54, 1.807) is 6.20 Å². The molecule has 3 heterocycles. The van der Waals surface area contributed by atoms with Gasteiger partial charge >= 0.3 is 0 Å². The lowest BCUT2D eigenvalue weighted by Crippen LogP contribution is -2.47. The molecule has 1 unspecified atom stereocenters. The number of aliphatic hydroxyl groups is 1. The standard InChI is InChI=1S/C33H43N5O3Si/c1-36-17-19-37(20-18-36)32(40)31-35-29-28(27-14-8-10-25(24-27)11-9-21-39)15-16-34-30(29)38(31)33(26-12-6-5-7-13-26)41-22-23-42(2,3)4/h5-8,10,12-16,24,33,39H,9,11,17-23H2,1-4H3. The Morgan fingerprint density at radius 2 is 1.79 bits per heavy atom. The molecule has 2 aromatic heterocycles. The Labute approximate surface area is 250 Å². The van der Waals surface area contributed by atoms with Crippen LogP contribution in [0.1, 0.15) is 34.4 Å². The molecule has 1 fully saturated rings. The molecule has 2 aromatic carbocycles. The van der Waals surface area contributed by atoms with Gasteiger partial charge in [0.1, 0.15) is 5.52 Å². The Balaban J connectivity index is 1.66. The molecular weight excluding hydrogens is 542 g/mol. The Morgan fingerprint density at radius 1 is 1.02 bits per heavy atom. The summed E-state index contributed by atoms with van der Waals surface area (Å²) < 4.78 is 8.60.